The molecule has 0 aliphatic heterocycles. The number of rotatable bonds is 6. The molecular formula is C18H13ClFN5O3. The fourth-order valence-corrected chi connectivity index (χ4v) is 2.22. The molecule has 2 heterocycles. The van der Waals surface area contributed by atoms with Crippen molar-refractivity contribution < 1.29 is 18.7 Å². The monoisotopic (exact) mass is 401 g/mol. The minimum absolute atomic E-state index is 0.160. The lowest BCUT2D eigenvalue weighted by molar-refractivity contribution is 0.0955. The molecular weight excluding hydrogens is 389 g/mol. The van der Waals surface area contributed by atoms with Crippen molar-refractivity contribution >= 4 is 23.7 Å². The Kier molecular flexibility index (Phi) is 6.07. The highest BCUT2D eigenvalue weighted by Gasteiger charge is 2.13. The van der Waals surface area contributed by atoms with Crippen LogP contribution in [-0.2, 0) is 0 Å². The Morgan fingerprint density at radius 3 is 2.79 bits per heavy atom. The SMILES string of the molecule is COc1ccc(/C=N/NC(=O)c2ccncc2)cc1Oc1nc(Cl)ncc1F. The van der Waals surface area contributed by atoms with Gasteiger partial charge in [0.1, 0.15) is 0 Å². The van der Waals surface area contributed by atoms with E-state index in [1.807, 2.05) is 0 Å². The first kappa shape index (κ1) is 19.2. The Morgan fingerprint density at radius 2 is 2.04 bits per heavy atom. The van der Waals surface area contributed by atoms with Gasteiger partial charge in [0.2, 0.25) is 11.1 Å². The van der Waals surface area contributed by atoms with Crippen LogP contribution < -0.4 is 14.9 Å². The van der Waals surface area contributed by atoms with E-state index in [9.17, 15) is 9.18 Å². The van der Waals surface area contributed by atoms with Crippen molar-refractivity contribution in [2.75, 3.05) is 7.11 Å². The third kappa shape index (κ3) is 4.77. The number of amides is 1. The number of halogens is 2. The second kappa shape index (κ2) is 8.87. The maximum atomic E-state index is 13.8. The summed E-state index contributed by atoms with van der Waals surface area (Å²) in [4.78, 5) is 23.0. The summed E-state index contributed by atoms with van der Waals surface area (Å²) in [5.41, 5.74) is 3.37. The van der Waals surface area contributed by atoms with Crippen LogP contribution >= 0.6 is 11.6 Å². The van der Waals surface area contributed by atoms with E-state index in [4.69, 9.17) is 21.1 Å². The van der Waals surface area contributed by atoms with Gasteiger partial charge in [-0.3, -0.25) is 9.78 Å². The molecule has 0 fully saturated rings. The number of hydrogen-bond donors (Lipinski definition) is 1. The van der Waals surface area contributed by atoms with Crippen LogP contribution in [0.1, 0.15) is 15.9 Å². The second-order valence-electron chi connectivity index (χ2n) is 5.24. The highest BCUT2D eigenvalue weighted by atomic mass is 35.5. The van der Waals surface area contributed by atoms with Gasteiger partial charge in [0.15, 0.2) is 11.5 Å². The predicted molar refractivity (Wildman–Crippen MR) is 99.4 cm³/mol. The third-order valence-corrected chi connectivity index (χ3v) is 3.58. The molecule has 0 atom stereocenters. The van der Waals surface area contributed by atoms with Crippen LogP contribution in [0.2, 0.25) is 5.28 Å². The van der Waals surface area contributed by atoms with Crippen molar-refractivity contribution in [2.24, 2.45) is 5.10 Å². The molecule has 1 aromatic carbocycles. The Bertz CT molecular complexity index is 1020. The Balaban J connectivity index is 1.77. The quantitative estimate of drug-likeness (QED) is 0.387. The first-order chi connectivity index (χ1) is 13.6. The van der Waals surface area contributed by atoms with Gasteiger partial charge in [0.25, 0.3) is 11.8 Å². The van der Waals surface area contributed by atoms with Crippen LogP contribution in [0.5, 0.6) is 17.4 Å². The molecule has 2 aromatic heterocycles. The van der Waals surface area contributed by atoms with Crippen molar-refractivity contribution in [3.8, 4) is 17.4 Å². The van der Waals surface area contributed by atoms with Crippen LogP contribution in [0, 0.1) is 5.82 Å². The molecule has 3 rings (SSSR count). The number of carbonyl (C=O) groups excluding carboxylic acids is 1. The highest BCUT2D eigenvalue weighted by Crippen LogP contribution is 2.32. The summed E-state index contributed by atoms with van der Waals surface area (Å²) in [5.74, 6) is -0.998. The molecule has 0 radical (unpaired) electrons. The van der Waals surface area contributed by atoms with Crippen molar-refractivity contribution in [1.29, 1.82) is 0 Å². The molecule has 0 aliphatic carbocycles. The normalized spacial score (nSPS) is 10.7. The van der Waals surface area contributed by atoms with E-state index in [1.165, 1.54) is 31.8 Å². The van der Waals surface area contributed by atoms with Crippen LogP contribution in [0.4, 0.5) is 4.39 Å². The van der Waals surface area contributed by atoms with Crippen LogP contribution in [0.15, 0.2) is 54.0 Å². The molecule has 0 unspecified atom stereocenters. The number of nitrogens with zero attached hydrogens (tertiary/aromatic N) is 4. The molecule has 3 aromatic rings. The van der Waals surface area contributed by atoms with Gasteiger partial charge in [-0.2, -0.15) is 14.5 Å². The van der Waals surface area contributed by atoms with E-state index in [-0.39, 0.29) is 22.8 Å². The number of nitrogens with one attached hydrogen (secondary N) is 1. The first-order valence-corrected chi connectivity index (χ1v) is 8.22. The summed E-state index contributed by atoms with van der Waals surface area (Å²) >= 11 is 5.67. The first-order valence-electron chi connectivity index (χ1n) is 7.84. The fraction of sp³-hybridized carbons (Fsp3) is 0.0556. The summed E-state index contributed by atoms with van der Waals surface area (Å²) < 4.78 is 24.5. The van der Waals surface area contributed by atoms with Gasteiger partial charge < -0.3 is 9.47 Å². The van der Waals surface area contributed by atoms with Gasteiger partial charge >= 0.3 is 0 Å². The number of pyridine rings is 1. The van der Waals surface area contributed by atoms with Crippen molar-refractivity contribution in [3.63, 3.8) is 0 Å². The average Bonchev–Trinajstić information content (AvgIpc) is 2.71. The van der Waals surface area contributed by atoms with Crippen molar-refractivity contribution in [1.82, 2.24) is 20.4 Å². The highest BCUT2D eigenvalue weighted by molar-refractivity contribution is 6.28. The molecule has 0 spiro atoms. The molecule has 0 saturated carbocycles. The number of ether oxygens (including phenoxy) is 2. The van der Waals surface area contributed by atoms with E-state index >= 15 is 0 Å². The Hall–Kier alpha value is -3.59. The Morgan fingerprint density at radius 1 is 1.25 bits per heavy atom. The van der Waals surface area contributed by atoms with E-state index in [2.05, 4.69) is 25.5 Å². The summed E-state index contributed by atoms with van der Waals surface area (Å²) in [7, 11) is 1.44. The van der Waals surface area contributed by atoms with Crippen molar-refractivity contribution in [2.45, 2.75) is 0 Å². The molecule has 10 heteroatoms. The zero-order valence-corrected chi connectivity index (χ0v) is 15.2. The minimum Gasteiger partial charge on any atom is -0.493 e. The summed E-state index contributed by atoms with van der Waals surface area (Å²) in [6, 6.07) is 7.94. The fourth-order valence-electron chi connectivity index (χ4n) is 2.09. The lowest BCUT2D eigenvalue weighted by Crippen LogP contribution is -2.17. The topological polar surface area (TPSA) is 98.6 Å². The molecule has 142 valence electrons. The zero-order valence-electron chi connectivity index (χ0n) is 14.5. The average molecular weight is 402 g/mol. The van der Waals surface area contributed by atoms with Gasteiger partial charge in [-0.05, 0) is 47.5 Å². The smallest absolute Gasteiger partial charge is 0.271 e. The third-order valence-electron chi connectivity index (χ3n) is 3.40. The van der Waals surface area contributed by atoms with Gasteiger partial charge in [-0.25, -0.2) is 10.4 Å². The molecule has 0 saturated heterocycles. The number of hydrogen-bond acceptors (Lipinski definition) is 7. The summed E-state index contributed by atoms with van der Waals surface area (Å²) in [6.07, 6.45) is 5.31. The van der Waals surface area contributed by atoms with Crippen LogP contribution in [0.3, 0.4) is 0 Å². The maximum absolute atomic E-state index is 13.8. The molecule has 28 heavy (non-hydrogen) atoms. The number of carbonyl (C=O) groups is 1. The molecule has 1 amide bonds. The molecule has 1 N–H and O–H groups in total. The lowest BCUT2D eigenvalue weighted by Gasteiger charge is -2.10. The van der Waals surface area contributed by atoms with Gasteiger partial charge in [-0.1, -0.05) is 0 Å². The molecule has 0 bridgehead atoms. The summed E-state index contributed by atoms with van der Waals surface area (Å²) in [5, 5.41) is 3.73. The zero-order chi connectivity index (χ0) is 19.9. The second-order valence-corrected chi connectivity index (χ2v) is 5.58. The standard InChI is InChI=1S/C18H13ClFN5O3/c1-27-14-3-2-11(9-23-25-16(26)12-4-6-21-7-5-12)8-15(14)28-17-13(20)10-22-18(19)24-17/h2-10H,1H3,(H,25,26)/b23-9+. The Labute approximate surface area is 164 Å². The van der Waals surface area contributed by atoms with Gasteiger partial charge in [0.05, 0.1) is 19.5 Å². The number of methoxy groups -OCH3 is 1. The molecule has 8 nitrogen and oxygen atoms in total. The van der Waals surface area contributed by atoms with Gasteiger partial charge in [-0.15, -0.1) is 0 Å². The number of benzene rings is 1. The van der Waals surface area contributed by atoms with Gasteiger partial charge in [0, 0.05) is 18.0 Å². The largest absolute Gasteiger partial charge is 0.493 e. The van der Waals surface area contributed by atoms with Crippen LogP contribution in [0.25, 0.3) is 0 Å². The molecule has 0 aliphatic rings. The maximum Gasteiger partial charge on any atom is 0.271 e. The van der Waals surface area contributed by atoms with Crippen molar-refractivity contribution in [3.05, 3.63) is 71.2 Å². The van der Waals surface area contributed by atoms with E-state index in [1.54, 1.807) is 24.3 Å². The minimum atomic E-state index is -0.782. The van der Waals surface area contributed by atoms with E-state index < -0.39 is 5.82 Å². The lowest BCUT2D eigenvalue weighted by atomic mass is 10.2. The van der Waals surface area contributed by atoms with E-state index in [0.29, 0.717) is 16.9 Å². The number of aromatic nitrogens is 3. The van der Waals surface area contributed by atoms with E-state index in [0.717, 1.165) is 6.20 Å². The van der Waals surface area contributed by atoms with Crippen LogP contribution in [-0.4, -0.2) is 34.2 Å². The summed E-state index contributed by atoms with van der Waals surface area (Å²) in [6.45, 7) is 0. The number of hydrazone groups is 1. The predicted octanol–water partition coefficient (Wildman–Crippen LogP) is 3.23.